The maximum absolute atomic E-state index is 12.3. The number of anilines is 1. The molecule has 1 heterocycles. The molecule has 7 heteroatoms. The molecule has 2 aromatic rings. The molecule has 0 radical (unpaired) electrons. The fraction of sp³-hybridized carbons (Fsp3) is 0.300. The molecule has 1 saturated heterocycles. The molecule has 1 aliphatic rings. The molecule has 2 amide bonds. The van der Waals surface area contributed by atoms with E-state index in [-0.39, 0.29) is 17.5 Å². The molecule has 0 aliphatic carbocycles. The highest BCUT2D eigenvalue weighted by Crippen LogP contribution is 2.20. The molecule has 0 atom stereocenters. The van der Waals surface area contributed by atoms with Crippen LogP contribution in [0.4, 0.5) is 11.4 Å². The number of benzene rings is 2. The molecule has 3 rings (SSSR count). The minimum absolute atomic E-state index is 0.0152. The van der Waals surface area contributed by atoms with Crippen LogP contribution in [0.3, 0.4) is 0 Å². The SMILES string of the molecule is Cc1cc(C(=O)Nc2ccc(CC(=O)N3CCCC3)cc2)ccc1[N+](=O)[O-]. The zero-order valence-corrected chi connectivity index (χ0v) is 15.1. The summed E-state index contributed by atoms with van der Waals surface area (Å²) in [7, 11) is 0. The van der Waals surface area contributed by atoms with E-state index in [0.717, 1.165) is 31.5 Å². The first-order chi connectivity index (χ1) is 12.9. The Morgan fingerprint density at radius 2 is 1.78 bits per heavy atom. The highest BCUT2D eigenvalue weighted by molar-refractivity contribution is 6.04. The number of nitrogens with one attached hydrogen (secondary N) is 1. The molecule has 0 bridgehead atoms. The van der Waals surface area contributed by atoms with Gasteiger partial charge in [0.15, 0.2) is 0 Å². The predicted octanol–water partition coefficient (Wildman–Crippen LogP) is 3.32. The third-order valence-electron chi connectivity index (χ3n) is 4.68. The standard InChI is InChI=1S/C20H21N3O4/c1-14-12-16(6-9-18(14)23(26)27)20(25)21-17-7-4-15(5-8-17)13-19(24)22-10-2-3-11-22/h4-9,12H,2-3,10-11,13H2,1H3,(H,21,25). The Balaban J connectivity index is 1.62. The van der Waals surface area contributed by atoms with Crippen molar-refractivity contribution >= 4 is 23.2 Å². The van der Waals surface area contributed by atoms with Crippen molar-refractivity contribution in [2.45, 2.75) is 26.2 Å². The summed E-state index contributed by atoms with van der Waals surface area (Å²) in [4.78, 5) is 36.8. The Hall–Kier alpha value is -3.22. The minimum atomic E-state index is -0.473. The van der Waals surface area contributed by atoms with E-state index in [0.29, 0.717) is 23.2 Å². The first-order valence-electron chi connectivity index (χ1n) is 8.87. The lowest BCUT2D eigenvalue weighted by Gasteiger charge is -2.15. The second-order valence-corrected chi connectivity index (χ2v) is 6.67. The Morgan fingerprint density at radius 1 is 1.11 bits per heavy atom. The van der Waals surface area contributed by atoms with Gasteiger partial charge in [-0.3, -0.25) is 19.7 Å². The Kier molecular flexibility index (Phi) is 5.49. The van der Waals surface area contributed by atoms with Crippen LogP contribution in [-0.2, 0) is 11.2 Å². The summed E-state index contributed by atoms with van der Waals surface area (Å²) in [5.41, 5.74) is 2.28. The summed E-state index contributed by atoms with van der Waals surface area (Å²) >= 11 is 0. The van der Waals surface area contributed by atoms with Crippen molar-refractivity contribution in [3.8, 4) is 0 Å². The van der Waals surface area contributed by atoms with Gasteiger partial charge in [-0.25, -0.2) is 0 Å². The van der Waals surface area contributed by atoms with Crippen LogP contribution in [-0.4, -0.2) is 34.7 Å². The zero-order valence-electron chi connectivity index (χ0n) is 15.1. The number of hydrogen-bond acceptors (Lipinski definition) is 4. The molecule has 0 saturated carbocycles. The number of nitro groups is 1. The lowest BCUT2D eigenvalue weighted by atomic mass is 10.1. The normalized spacial score (nSPS) is 13.4. The maximum atomic E-state index is 12.3. The van der Waals surface area contributed by atoms with Gasteiger partial charge in [0.25, 0.3) is 11.6 Å². The van der Waals surface area contributed by atoms with Gasteiger partial charge in [0, 0.05) is 36.0 Å². The molecule has 2 aromatic carbocycles. The van der Waals surface area contributed by atoms with Crippen molar-refractivity contribution in [2.24, 2.45) is 0 Å². The summed E-state index contributed by atoms with van der Waals surface area (Å²) < 4.78 is 0. The van der Waals surface area contributed by atoms with E-state index in [1.165, 1.54) is 18.2 Å². The van der Waals surface area contributed by atoms with E-state index in [9.17, 15) is 19.7 Å². The van der Waals surface area contributed by atoms with Crippen LogP contribution in [0.25, 0.3) is 0 Å². The van der Waals surface area contributed by atoms with Gasteiger partial charge in [-0.1, -0.05) is 12.1 Å². The topological polar surface area (TPSA) is 92.6 Å². The van der Waals surface area contributed by atoms with E-state index >= 15 is 0 Å². The van der Waals surface area contributed by atoms with Crippen molar-refractivity contribution in [3.63, 3.8) is 0 Å². The highest BCUT2D eigenvalue weighted by atomic mass is 16.6. The maximum Gasteiger partial charge on any atom is 0.272 e. The molecule has 0 unspecified atom stereocenters. The molecule has 1 aliphatic heterocycles. The summed E-state index contributed by atoms with van der Waals surface area (Å²) in [5.74, 6) is -0.209. The monoisotopic (exact) mass is 367 g/mol. The van der Waals surface area contributed by atoms with E-state index in [2.05, 4.69) is 5.32 Å². The molecular weight excluding hydrogens is 346 g/mol. The van der Waals surface area contributed by atoms with Gasteiger partial charge in [0.1, 0.15) is 0 Å². The predicted molar refractivity (Wildman–Crippen MR) is 102 cm³/mol. The highest BCUT2D eigenvalue weighted by Gasteiger charge is 2.18. The molecular formula is C20H21N3O4. The first-order valence-corrected chi connectivity index (χ1v) is 8.87. The number of nitro benzene ring substituents is 1. The van der Waals surface area contributed by atoms with E-state index in [1.54, 1.807) is 19.1 Å². The van der Waals surface area contributed by atoms with Crippen molar-refractivity contribution in [1.29, 1.82) is 0 Å². The average molecular weight is 367 g/mol. The van der Waals surface area contributed by atoms with Gasteiger partial charge in [0.2, 0.25) is 5.91 Å². The second kappa shape index (κ2) is 7.99. The first kappa shape index (κ1) is 18.6. The summed E-state index contributed by atoms with van der Waals surface area (Å²) in [5, 5.41) is 13.6. The lowest BCUT2D eigenvalue weighted by molar-refractivity contribution is -0.385. The van der Waals surface area contributed by atoms with Crippen molar-refractivity contribution in [2.75, 3.05) is 18.4 Å². The third-order valence-corrected chi connectivity index (χ3v) is 4.68. The average Bonchev–Trinajstić information content (AvgIpc) is 3.17. The smallest absolute Gasteiger partial charge is 0.272 e. The van der Waals surface area contributed by atoms with Gasteiger partial charge >= 0.3 is 0 Å². The van der Waals surface area contributed by atoms with Crippen molar-refractivity contribution < 1.29 is 14.5 Å². The fourth-order valence-electron chi connectivity index (χ4n) is 3.16. The minimum Gasteiger partial charge on any atom is -0.342 e. The largest absolute Gasteiger partial charge is 0.342 e. The number of amides is 2. The Bertz CT molecular complexity index is 871. The van der Waals surface area contributed by atoms with Gasteiger partial charge in [-0.2, -0.15) is 0 Å². The molecule has 7 nitrogen and oxygen atoms in total. The number of nitrogens with zero attached hydrogens (tertiary/aromatic N) is 2. The Labute approximate surface area is 157 Å². The molecule has 27 heavy (non-hydrogen) atoms. The van der Waals surface area contributed by atoms with Gasteiger partial charge in [-0.05, 0) is 49.6 Å². The van der Waals surface area contributed by atoms with Crippen molar-refractivity contribution in [1.82, 2.24) is 4.90 Å². The number of hydrogen-bond donors (Lipinski definition) is 1. The zero-order chi connectivity index (χ0) is 19.4. The van der Waals surface area contributed by atoms with E-state index in [1.807, 2.05) is 17.0 Å². The van der Waals surface area contributed by atoms with Crippen LogP contribution in [0.5, 0.6) is 0 Å². The number of aryl methyl sites for hydroxylation is 1. The van der Waals surface area contributed by atoms with Gasteiger partial charge in [-0.15, -0.1) is 0 Å². The van der Waals surface area contributed by atoms with E-state index < -0.39 is 4.92 Å². The summed E-state index contributed by atoms with van der Waals surface area (Å²) in [6, 6.07) is 11.4. The number of likely N-dealkylation sites (tertiary alicyclic amines) is 1. The summed E-state index contributed by atoms with van der Waals surface area (Å²) in [6.07, 6.45) is 2.49. The number of rotatable bonds is 5. The second-order valence-electron chi connectivity index (χ2n) is 6.67. The quantitative estimate of drug-likeness (QED) is 0.648. The van der Waals surface area contributed by atoms with Crippen molar-refractivity contribution in [3.05, 3.63) is 69.3 Å². The van der Waals surface area contributed by atoms with Crippen LogP contribution in [0.15, 0.2) is 42.5 Å². The number of carbonyl (C=O) groups excluding carboxylic acids is 2. The van der Waals surface area contributed by atoms with E-state index in [4.69, 9.17) is 0 Å². The summed E-state index contributed by atoms with van der Waals surface area (Å²) in [6.45, 7) is 3.27. The molecule has 1 N–H and O–H groups in total. The lowest BCUT2D eigenvalue weighted by Crippen LogP contribution is -2.29. The third kappa shape index (κ3) is 4.49. The fourth-order valence-corrected chi connectivity index (χ4v) is 3.16. The molecule has 1 fully saturated rings. The van der Waals surface area contributed by atoms with Crippen LogP contribution >= 0.6 is 0 Å². The van der Waals surface area contributed by atoms with Crippen LogP contribution in [0.1, 0.15) is 34.3 Å². The number of carbonyl (C=O) groups is 2. The van der Waals surface area contributed by atoms with Gasteiger partial charge in [0.05, 0.1) is 11.3 Å². The van der Waals surface area contributed by atoms with Crippen LogP contribution in [0, 0.1) is 17.0 Å². The van der Waals surface area contributed by atoms with Gasteiger partial charge < -0.3 is 10.2 Å². The molecule has 0 spiro atoms. The van der Waals surface area contributed by atoms with Crippen LogP contribution in [0.2, 0.25) is 0 Å². The Morgan fingerprint density at radius 3 is 2.37 bits per heavy atom. The molecule has 0 aromatic heterocycles. The van der Waals surface area contributed by atoms with Crippen LogP contribution < -0.4 is 5.32 Å². The molecule has 140 valence electrons.